The molecule has 3 rings (SSSR count). The third-order valence-corrected chi connectivity index (χ3v) is 3.77. The quantitative estimate of drug-likeness (QED) is 0.447. The molecule has 0 fully saturated rings. The molecule has 7 nitrogen and oxygen atoms in total. The van der Waals surface area contributed by atoms with Crippen LogP contribution in [0.2, 0.25) is 0 Å². The van der Waals surface area contributed by atoms with Gasteiger partial charge in [0.1, 0.15) is 19.0 Å². The van der Waals surface area contributed by atoms with Crippen LogP contribution in [0.25, 0.3) is 0 Å². The van der Waals surface area contributed by atoms with Crippen molar-refractivity contribution in [2.75, 3.05) is 24.7 Å². The molecule has 2 aromatic rings. The number of ketones is 1. The molecule has 0 amide bonds. The fourth-order valence-corrected chi connectivity index (χ4v) is 2.51. The van der Waals surface area contributed by atoms with Crippen LogP contribution < -0.4 is 20.9 Å². The summed E-state index contributed by atoms with van der Waals surface area (Å²) < 4.78 is 24.5. The molecule has 5 N–H and O–H groups in total. The number of pyridine rings is 1. The molecule has 1 aromatic carbocycles. The Balaban J connectivity index is 2.24. The van der Waals surface area contributed by atoms with Crippen LogP contribution in [0.1, 0.15) is 27.2 Å². The van der Waals surface area contributed by atoms with Crippen molar-refractivity contribution in [2.24, 2.45) is 0 Å². The van der Waals surface area contributed by atoms with Gasteiger partial charge in [-0.05, 0) is 19.1 Å². The topological polar surface area (TPSA) is 124 Å². The van der Waals surface area contributed by atoms with E-state index in [4.69, 9.17) is 26.4 Å². The molecule has 24 heavy (non-hydrogen) atoms. The maximum absolute atomic E-state index is 13.6. The standard InChI is InChI=1S/C16H15FN4O3/c1-7-12(19)11(15-16(21-7)24-5-4-23-15)14(22)8-2-3-10(17)13(20)9(8)6-18/h2-3,6,18H,4-5,19-20H2,1H3. The molecule has 0 saturated carbocycles. The summed E-state index contributed by atoms with van der Waals surface area (Å²) in [6.45, 7) is 2.20. The Morgan fingerprint density at radius 2 is 2.00 bits per heavy atom. The molecule has 8 heteroatoms. The van der Waals surface area contributed by atoms with Gasteiger partial charge in [0.15, 0.2) is 11.5 Å². The predicted octanol–water partition coefficient (Wildman–Crippen LogP) is 1.69. The second-order valence-electron chi connectivity index (χ2n) is 5.21. The summed E-state index contributed by atoms with van der Waals surface area (Å²) in [5.41, 5.74) is 12.1. The summed E-state index contributed by atoms with van der Waals surface area (Å²) in [5.74, 6) is -0.911. The molecule has 1 aliphatic rings. The van der Waals surface area contributed by atoms with Gasteiger partial charge in [-0.2, -0.15) is 0 Å². The Morgan fingerprint density at radius 1 is 1.29 bits per heavy atom. The van der Waals surface area contributed by atoms with Gasteiger partial charge in [0, 0.05) is 17.3 Å². The predicted molar refractivity (Wildman–Crippen MR) is 86.5 cm³/mol. The number of nitrogens with two attached hydrogens (primary N) is 2. The average molecular weight is 330 g/mol. The van der Waals surface area contributed by atoms with Crippen LogP contribution in [0.4, 0.5) is 15.8 Å². The first-order valence-corrected chi connectivity index (χ1v) is 7.14. The minimum Gasteiger partial charge on any atom is -0.484 e. The van der Waals surface area contributed by atoms with E-state index in [1.807, 2.05) is 0 Å². The first-order chi connectivity index (χ1) is 11.5. The zero-order valence-electron chi connectivity index (χ0n) is 12.9. The number of benzene rings is 1. The highest BCUT2D eigenvalue weighted by molar-refractivity contribution is 6.18. The smallest absolute Gasteiger partial charge is 0.258 e. The van der Waals surface area contributed by atoms with Crippen LogP contribution in [0.3, 0.4) is 0 Å². The molecule has 124 valence electrons. The van der Waals surface area contributed by atoms with E-state index < -0.39 is 11.6 Å². The third-order valence-electron chi connectivity index (χ3n) is 3.77. The third kappa shape index (κ3) is 2.32. The lowest BCUT2D eigenvalue weighted by Gasteiger charge is -2.22. The van der Waals surface area contributed by atoms with Crippen molar-refractivity contribution in [3.8, 4) is 11.6 Å². The SMILES string of the molecule is Cc1nc2c(c(C(=O)c3ccc(F)c(N)c3C=N)c1N)OCCO2. The number of hydrogen-bond donors (Lipinski definition) is 3. The molecule has 0 spiro atoms. The van der Waals surface area contributed by atoms with Crippen LogP contribution in [0.5, 0.6) is 11.6 Å². The first kappa shape index (κ1) is 15.7. The van der Waals surface area contributed by atoms with E-state index in [9.17, 15) is 9.18 Å². The number of hydrogen-bond acceptors (Lipinski definition) is 7. The maximum atomic E-state index is 13.6. The molecule has 0 radical (unpaired) electrons. The van der Waals surface area contributed by atoms with Crippen molar-refractivity contribution in [2.45, 2.75) is 6.92 Å². The molecule has 2 heterocycles. The molecule has 0 aliphatic carbocycles. The molecule has 0 bridgehead atoms. The Labute approximate surface area is 136 Å². The van der Waals surface area contributed by atoms with Gasteiger partial charge in [0.25, 0.3) is 5.88 Å². The Kier molecular flexibility index (Phi) is 3.80. The van der Waals surface area contributed by atoms with Crippen molar-refractivity contribution < 1.29 is 18.7 Å². The van der Waals surface area contributed by atoms with Gasteiger partial charge in [-0.1, -0.05) is 0 Å². The van der Waals surface area contributed by atoms with Gasteiger partial charge in [-0.25, -0.2) is 9.37 Å². The summed E-state index contributed by atoms with van der Waals surface area (Å²) >= 11 is 0. The lowest BCUT2D eigenvalue weighted by molar-refractivity contribution is 0.102. The zero-order chi connectivity index (χ0) is 17.4. The van der Waals surface area contributed by atoms with Crippen LogP contribution in [-0.2, 0) is 0 Å². The molecule has 1 aliphatic heterocycles. The number of carbonyl (C=O) groups excluding carboxylic acids is 1. The Bertz CT molecular complexity index is 867. The number of aromatic nitrogens is 1. The van der Waals surface area contributed by atoms with Gasteiger partial charge in [-0.3, -0.25) is 4.79 Å². The Hall–Kier alpha value is -3.16. The number of halogens is 1. The van der Waals surface area contributed by atoms with Crippen LogP contribution >= 0.6 is 0 Å². The fourth-order valence-electron chi connectivity index (χ4n) is 2.51. The van der Waals surface area contributed by atoms with Gasteiger partial charge in [-0.15, -0.1) is 0 Å². The first-order valence-electron chi connectivity index (χ1n) is 7.14. The average Bonchev–Trinajstić information content (AvgIpc) is 2.57. The fraction of sp³-hybridized carbons (Fsp3) is 0.188. The highest BCUT2D eigenvalue weighted by atomic mass is 19.1. The highest BCUT2D eigenvalue weighted by Gasteiger charge is 2.29. The van der Waals surface area contributed by atoms with Gasteiger partial charge < -0.3 is 26.4 Å². The van der Waals surface area contributed by atoms with Crippen LogP contribution in [0.15, 0.2) is 12.1 Å². The number of nitrogens with one attached hydrogen (secondary N) is 1. The van der Waals surface area contributed by atoms with E-state index in [-0.39, 0.29) is 46.3 Å². The summed E-state index contributed by atoms with van der Waals surface area (Å²) in [6, 6.07) is 2.34. The second-order valence-corrected chi connectivity index (χ2v) is 5.21. The number of anilines is 2. The van der Waals surface area contributed by atoms with Crippen molar-refractivity contribution >= 4 is 23.4 Å². The van der Waals surface area contributed by atoms with Crippen LogP contribution in [0, 0.1) is 18.2 Å². The maximum Gasteiger partial charge on any atom is 0.258 e. The summed E-state index contributed by atoms with van der Waals surface area (Å²) in [4.78, 5) is 17.2. The molecular weight excluding hydrogens is 315 g/mol. The summed E-state index contributed by atoms with van der Waals surface area (Å²) in [7, 11) is 0. The van der Waals surface area contributed by atoms with E-state index in [0.717, 1.165) is 12.3 Å². The monoisotopic (exact) mass is 330 g/mol. The van der Waals surface area contributed by atoms with Crippen molar-refractivity contribution in [1.82, 2.24) is 4.98 Å². The minimum absolute atomic E-state index is 0.0145. The highest BCUT2D eigenvalue weighted by Crippen LogP contribution is 2.38. The second kappa shape index (κ2) is 5.80. The normalized spacial score (nSPS) is 12.8. The summed E-state index contributed by atoms with van der Waals surface area (Å²) in [5, 5.41) is 7.44. The number of nitrogen functional groups attached to an aromatic ring is 2. The molecular formula is C16H15FN4O3. The number of nitrogens with zero attached hydrogens (tertiary/aromatic N) is 1. The molecule has 0 unspecified atom stereocenters. The lowest BCUT2D eigenvalue weighted by Crippen LogP contribution is -2.21. The van der Waals surface area contributed by atoms with E-state index in [1.54, 1.807) is 6.92 Å². The lowest BCUT2D eigenvalue weighted by atomic mass is 9.95. The molecule has 0 atom stereocenters. The number of rotatable bonds is 3. The minimum atomic E-state index is -0.703. The van der Waals surface area contributed by atoms with Crippen molar-refractivity contribution in [3.63, 3.8) is 0 Å². The van der Waals surface area contributed by atoms with E-state index in [1.165, 1.54) is 6.07 Å². The summed E-state index contributed by atoms with van der Waals surface area (Å²) in [6.07, 6.45) is 0.833. The van der Waals surface area contributed by atoms with Gasteiger partial charge in [0.05, 0.1) is 22.6 Å². The Morgan fingerprint density at radius 3 is 2.71 bits per heavy atom. The van der Waals surface area contributed by atoms with E-state index >= 15 is 0 Å². The molecule has 0 saturated heterocycles. The van der Waals surface area contributed by atoms with Crippen LogP contribution in [-0.4, -0.2) is 30.2 Å². The van der Waals surface area contributed by atoms with E-state index in [0.29, 0.717) is 12.3 Å². The van der Waals surface area contributed by atoms with E-state index in [2.05, 4.69) is 4.98 Å². The van der Waals surface area contributed by atoms with Crippen molar-refractivity contribution in [1.29, 1.82) is 5.41 Å². The van der Waals surface area contributed by atoms with Gasteiger partial charge >= 0.3 is 0 Å². The number of aryl methyl sites for hydroxylation is 1. The van der Waals surface area contributed by atoms with Crippen molar-refractivity contribution in [3.05, 3.63) is 40.3 Å². The number of ether oxygens (including phenoxy) is 2. The number of carbonyl (C=O) groups is 1. The van der Waals surface area contributed by atoms with Gasteiger partial charge in [0.2, 0.25) is 0 Å². The largest absolute Gasteiger partial charge is 0.484 e. The number of fused-ring (bicyclic) bond motifs is 1. The zero-order valence-corrected chi connectivity index (χ0v) is 12.9. The molecule has 1 aromatic heterocycles.